The third kappa shape index (κ3) is 1.79. The lowest BCUT2D eigenvalue weighted by Crippen LogP contribution is -2.42. The summed E-state index contributed by atoms with van der Waals surface area (Å²) in [6.45, 7) is 1.68. The molecule has 0 saturated carbocycles. The Morgan fingerprint density at radius 1 is 1.28 bits per heavy atom. The third-order valence-corrected chi connectivity index (χ3v) is 3.43. The SMILES string of the molecule is O=C1CNC(=O)N1C1CCN(c2ccncc2)C1. The number of anilines is 1. The highest BCUT2D eigenvalue weighted by atomic mass is 16.2. The van der Waals surface area contributed by atoms with E-state index in [2.05, 4.69) is 15.2 Å². The van der Waals surface area contributed by atoms with Gasteiger partial charge in [-0.2, -0.15) is 0 Å². The number of carbonyl (C=O) groups excluding carboxylic acids is 2. The fraction of sp³-hybridized carbons (Fsp3) is 0.417. The minimum Gasteiger partial charge on any atom is -0.369 e. The molecule has 0 spiro atoms. The molecular formula is C12H14N4O2. The number of aromatic nitrogens is 1. The van der Waals surface area contributed by atoms with Gasteiger partial charge in [0.05, 0.1) is 12.6 Å². The predicted octanol–water partition coefficient (Wildman–Crippen LogP) is 0.212. The summed E-state index contributed by atoms with van der Waals surface area (Å²) in [7, 11) is 0. The highest BCUT2D eigenvalue weighted by Gasteiger charge is 2.38. The molecule has 2 aliphatic rings. The lowest BCUT2D eigenvalue weighted by Gasteiger charge is -2.22. The van der Waals surface area contributed by atoms with Crippen LogP contribution in [0.3, 0.4) is 0 Å². The van der Waals surface area contributed by atoms with E-state index >= 15 is 0 Å². The van der Waals surface area contributed by atoms with Crippen molar-refractivity contribution >= 4 is 17.6 Å². The Bertz CT molecular complexity index is 460. The summed E-state index contributed by atoms with van der Waals surface area (Å²) >= 11 is 0. The van der Waals surface area contributed by atoms with E-state index in [1.54, 1.807) is 12.4 Å². The van der Waals surface area contributed by atoms with Crippen LogP contribution in [-0.2, 0) is 4.79 Å². The first-order valence-electron chi connectivity index (χ1n) is 6.00. The molecule has 2 aliphatic heterocycles. The van der Waals surface area contributed by atoms with Crippen LogP contribution in [0.25, 0.3) is 0 Å². The monoisotopic (exact) mass is 246 g/mol. The zero-order chi connectivity index (χ0) is 12.5. The van der Waals surface area contributed by atoms with Gasteiger partial charge in [0.1, 0.15) is 0 Å². The van der Waals surface area contributed by atoms with Gasteiger partial charge in [-0.1, -0.05) is 0 Å². The number of amides is 3. The summed E-state index contributed by atoms with van der Waals surface area (Å²) in [6, 6.07) is 3.59. The minimum absolute atomic E-state index is 0.0202. The first kappa shape index (κ1) is 11.0. The molecule has 0 aromatic carbocycles. The quantitative estimate of drug-likeness (QED) is 0.758. The van der Waals surface area contributed by atoms with Crippen LogP contribution in [0.1, 0.15) is 6.42 Å². The lowest BCUT2D eigenvalue weighted by molar-refractivity contribution is -0.126. The molecule has 1 N–H and O–H groups in total. The van der Waals surface area contributed by atoms with Crippen molar-refractivity contribution in [1.82, 2.24) is 15.2 Å². The Morgan fingerprint density at radius 2 is 2.06 bits per heavy atom. The molecule has 3 rings (SSSR count). The molecule has 18 heavy (non-hydrogen) atoms. The maximum Gasteiger partial charge on any atom is 0.324 e. The van der Waals surface area contributed by atoms with E-state index in [0.29, 0.717) is 6.54 Å². The summed E-state index contributed by atoms with van der Waals surface area (Å²) < 4.78 is 0. The molecule has 94 valence electrons. The summed E-state index contributed by atoms with van der Waals surface area (Å²) in [6.07, 6.45) is 4.31. The highest BCUT2D eigenvalue weighted by molar-refractivity contribution is 6.02. The largest absolute Gasteiger partial charge is 0.369 e. The number of hydrogen-bond donors (Lipinski definition) is 1. The second-order valence-electron chi connectivity index (χ2n) is 4.52. The van der Waals surface area contributed by atoms with Crippen LogP contribution in [0.4, 0.5) is 10.5 Å². The van der Waals surface area contributed by atoms with Gasteiger partial charge in [-0.3, -0.25) is 14.7 Å². The Hall–Kier alpha value is -2.11. The van der Waals surface area contributed by atoms with Gasteiger partial charge in [0.2, 0.25) is 5.91 Å². The van der Waals surface area contributed by atoms with E-state index in [9.17, 15) is 9.59 Å². The van der Waals surface area contributed by atoms with Gasteiger partial charge in [0, 0.05) is 31.2 Å². The second kappa shape index (κ2) is 4.29. The predicted molar refractivity (Wildman–Crippen MR) is 65.1 cm³/mol. The maximum absolute atomic E-state index is 11.6. The highest BCUT2D eigenvalue weighted by Crippen LogP contribution is 2.23. The number of nitrogens with one attached hydrogen (secondary N) is 1. The Kier molecular flexibility index (Phi) is 2.62. The van der Waals surface area contributed by atoms with Crippen molar-refractivity contribution in [3.63, 3.8) is 0 Å². The van der Waals surface area contributed by atoms with Gasteiger partial charge in [0.15, 0.2) is 0 Å². The normalized spacial score (nSPS) is 23.7. The average Bonchev–Trinajstić information content (AvgIpc) is 2.98. The molecule has 2 saturated heterocycles. The zero-order valence-corrected chi connectivity index (χ0v) is 9.87. The van der Waals surface area contributed by atoms with E-state index in [0.717, 1.165) is 18.7 Å². The van der Waals surface area contributed by atoms with Crippen LogP contribution in [0.5, 0.6) is 0 Å². The fourth-order valence-electron chi connectivity index (χ4n) is 2.55. The summed E-state index contributed by atoms with van der Waals surface area (Å²) in [4.78, 5) is 30.7. The van der Waals surface area contributed by atoms with Gasteiger partial charge < -0.3 is 10.2 Å². The number of rotatable bonds is 2. The molecule has 6 nitrogen and oxygen atoms in total. The van der Waals surface area contributed by atoms with Crippen molar-refractivity contribution < 1.29 is 9.59 Å². The van der Waals surface area contributed by atoms with Crippen molar-refractivity contribution in [2.24, 2.45) is 0 Å². The zero-order valence-electron chi connectivity index (χ0n) is 9.87. The van der Waals surface area contributed by atoms with Crippen molar-refractivity contribution in [1.29, 1.82) is 0 Å². The molecule has 0 aliphatic carbocycles. The van der Waals surface area contributed by atoms with Gasteiger partial charge in [-0.05, 0) is 18.6 Å². The molecule has 1 aromatic heterocycles. The summed E-state index contributed by atoms with van der Waals surface area (Å²) in [5.74, 6) is -0.124. The van der Waals surface area contributed by atoms with Crippen molar-refractivity contribution in [2.75, 3.05) is 24.5 Å². The van der Waals surface area contributed by atoms with E-state index in [-0.39, 0.29) is 24.5 Å². The van der Waals surface area contributed by atoms with Gasteiger partial charge in [-0.15, -0.1) is 0 Å². The van der Waals surface area contributed by atoms with Crippen LogP contribution >= 0.6 is 0 Å². The topological polar surface area (TPSA) is 65.5 Å². The molecule has 1 aromatic rings. The van der Waals surface area contributed by atoms with Crippen molar-refractivity contribution in [3.8, 4) is 0 Å². The van der Waals surface area contributed by atoms with E-state index < -0.39 is 0 Å². The molecule has 3 heterocycles. The summed E-state index contributed by atoms with van der Waals surface area (Å²) in [5.41, 5.74) is 1.08. The van der Waals surface area contributed by atoms with E-state index in [1.165, 1.54) is 4.90 Å². The molecule has 2 fully saturated rings. The van der Waals surface area contributed by atoms with Crippen molar-refractivity contribution in [3.05, 3.63) is 24.5 Å². The Morgan fingerprint density at radius 3 is 2.72 bits per heavy atom. The van der Waals surface area contributed by atoms with E-state index in [1.807, 2.05) is 12.1 Å². The smallest absolute Gasteiger partial charge is 0.324 e. The second-order valence-corrected chi connectivity index (χ2v) is 4.52. The van der Waals surface area contributed by atoms with Crippen LogP contribution in [0.15, 0.2) is 24.5 Å². The average molecular weight is 246 g/mol. The van der Waals surface area contributed by atoms with Crippen LogP contribution in [0, 0.1) is 0 Å². The van der Waals surface area contributed by atoms with Gasteiger partial charge in [0.25, 0.3) is 0 Å². The molecule has 1 unspecified atom stereocenters. The van der Waals surface area contributed by atoms with E-state index in [4.69, 9.17) is 0 Å². The first-order chi connectivity index (χ1) is 8.75. The maximum atomic E-state index is 11.6. The number of carbonyl (C=O) groups is 2. The molecule has 1 atom stereocenters. The number of pyridine rings is 1. The third-order valence-electron chi connectivity index (χ3n) is 3.43. The lowest BCUT2D eigenvalue weighted by atomic mass is 10.2. The van der Waals surface area contributed by atoms with Gasteiger partial charge in [-0.25, -0.2) is 4.79 Å². The number of hydrogen-bond acceptors (Lipinski definition) is 4. The molecule has 3 amide bonds. The van der Waals surface area contributed by atoms with Crippen molar-refractivity contribution in [2.45, 2.75) is 12.5 Å². The Balaban J connectivity index is 1.72. The van der Waals surface area contributed by atoms with Crippen LogP contribution < -0.4 is 10.2 Å². The summed E-state index contributed by atoms with van der Waals surface area (Å²) in [5, 5.41) is 2.56. The number of imide groups is 1. The number of urea groups is 1. The fourth-order valence-corrected chi connectivity index (χ4v) is 2.55. The number of nitrogens with zero attached hydrogens (tertiary/aromatic N) is 3. The molecule has 0 radical (unpaired) electrons. The molecular weight excluding hydrogens is 232 g/mol. The first-order valence-corrected chi connectivity index (χ1v) is 6.00. The molecule has 0 bridgehead atoms. The molecule has 6 heteroatoms. The minimum atomic E-state index is -0.262. The van der Waals surface area contributed by atoms with Crippen LogP contribution in [-0.4, -0.2) is 47.5 Å². The Labute approximate surface area is 105 Å². The van der Waals surface area contributed by atoms with Crippen LogP contribution in [0.2, 0.25) is 0 Å². The standard InChI is InChI=1S/C12H14N4O2/c17-11-7-14-12(18)16(11)10-3-6-15(8-10)9-1-4-13-5-2-9/h1-2,4-5,10H,3,6-8H2,(H,14,18). The van der Waals surface area contributed by atoms with Gasteiger partial charge >= 0.3 is 6.03 Å².